The Morgan fingerprint density at radius 1 is 1.12 bits per heavy atom. The highest BCUT2D eigenvalue weighted by molar-refractivity contribution is 7.16. The van der Waals surface area contributed by atoms with Crippen LogP contribution in [-0.2, 0) is 16.0 Å². The van der Waals surface area contributed by atoms with Crippen LogP contribution >= 0.6 is 11.3 Å². The third-order valence-electron chi connectivity index (χ3n) is 3.93. The minimum atomic E-state index is -0.938. The largest absolute Gasteiger partial charge is 0.481 e. The number of carboxylic acid groups (broad SMARTS) is 1. The molecular formula is C20H23NO4S. The summed E-state index contributed by atoms with van der Waals surface area (Å²) in [5.41, 5.74) is 0.377. The van der Waals surface area contributed by atoms with Gasteiger partial charge in [-0.3, -0.25) is 14.4 Å². The van der Waals surface area contributed by atoms with Gasteiger partial charge in [0.05, 0.1) is 12.0 Å². The van der Waals surface area contributed by atoms with Crippen molar-refractivity contribution in [2.75, 3.05) is 5.32 Å². The van der Waals surface area contributed by atoms with E-state index in [1.807, 2.05) is 19.1 Å². The molecule has 0 aliphatic rings. The van der Waals surface area contributed by atoms with E-state index in [0.29, 0.717) is 16.1 Å². The molecular weight excluding hydrogens is 350 g/mol. The number of carbonyl (C=O) groups excluding carboxylic acids is 2. The number of anilines is 1. The van der Waals surface area contributed by atoms with Gasteiger partial charge in [0.1, 0.15) is 5.00 Å². The maximum atomic E-state index is 12.8. The quantitative estimate of drug-likeness (QED) is 0.673. The predicted octanol–water partition coefficient (Wildman–Crippen LogP) is 4.37. The number of carboxylic acids is 1. The van der Waals surface area contributed by atoms with E-state index in [1.54, 1.807) is 38.1 Å². The summed E-state index contributed by atoms with van der Waals surface area (Å²) < 4.78 is 0. The average Bonchev–Trinajstić information content (AvgIpc) is 2.95. The topological polar surface area (TPSA) is 83.5 Å². The number of nitrogens with one attached hydrogen (secondary N) is 1. The molecule has 1 amide bonds. The first-order valence-electron chi connectivity index (χ1n) is 8.46. The fourth-order valence-corrected chi connectivity index (χ4v) is 3.71. The summed E-state index contributed by atoms with van der Waals surface area (Å²) in [7, 11) is 0. The van der Waals surface area contributed by atoms with Gasteiger partial charge in [0, 0.05) is 16.9 Å². The highest BCUT2D eigenvalue weighted by Crippen LogP contribution is 2.32. The number of rotatable bonds is 8. The van der Waals surface area contributed by atoms with E-state index in [2.05, 4.69) is 5.32 Å². The number of aliphatic carboxylic acids is 1. The number of thiophene rings is 1. The molecule has 0 fully saturated rings. The summed E-state index contributed by atoms with van der Waals surface area (Å²) in [6, 6.07) is 10.7. The fourth-order valence-electron chi connectivity index (χ4n) is 2.70. The van der Waals surface area contributed by atoms with Crippen molar-refractivity contribution in [3.05, 3.63) is 52.4 Å². The Bertz CT molecular complexity index is 808. The highest BCUT2D eigenvalue weighted by atomic mass is 32.1. The van der Waals surface area contributed by atoms with Crippen molar-refractivity contribution in [1.82, 2.24) is 0 Å². The van der Waals surface area contributed by atoms with Gasteiger partial charge in [0.2, 0.25) is 5.91 Å². The summed E-state index contributed by atoms with van der Waals surface area (Å²) in [5.74, 6) is -1.36. The van der Waals surface area contributed by atoms with Gasteiger partial charge < -0.3 is 10.4 Å². The molecule has 0 unspecified atom stereocenters. The van der Waals surface area contributed by atoms with E-state index >= 15 is 0 Å². The van der Waals surface area contributed by atoms with Crippen LogP contribution in [0.5, 0.6) is 0 Å². The van der Waals surface area contributed by atoms with Gasteiger partial charge >= 0.3 is 5.97 Å². The maximum absolute atomic E-state index is 12.8. The number of hydrogen-bond donors (Lipinski definition) is 2. The molecule has 5 nitrogen and oxygen atoms in total. The van der Waals surface area contributed by atoms with Crippen molar-refractivity contribution in [2.24, 2.45) is 5.41 Å². The van der Waals surface area contributed by atoms with Crippen molar-refractivity contribution >= 4 is 34.0 Å². The van der Waals surface area contributed by atoms with Crippen molar-refractivity contribution in [3.8, 4) is 0 Å². The van der Waals surface area contributed by atoms with Crippen molar-refractivity contribution in [1.29, 1.82) is 0 Å². The van der Waals surface area contributed by atoms with Gasteiger partial charge in [-0.05, 0) is 17.9 Å². The molecule has 0 aliphatic carbocycles. The van der Waals surface area contributed by atoms with E-state index in [1.165, 1.54) is 11.3 Å². The van der Waals surface area contributed by atoms with Crippen LogP contribution in [0.4, 0.5) is 5.00 Å². The predicted molar refractivity (Wildman–Crippen MR) is 103 cm³/mol. The van der Waals surface area contributed by atoms with Gasteiger partial charge in [0.25, 0.3) is 0 Å². The highest BCUT2D eigenvalue weighted by Gasteiger charge is 2.26. The Labute approximate surface area is 157 Å². The molecule has 1 aromatic heterocycles. The van der Waals surface area contributed by atoms with E-state index in [4.69, 9.17) is 5.11 Å². The summed E-state index contributed by atoms with van der Waals surface area (Å²) in [6.07, 6.45) is 0.735. The smallest absolute Gasteiger partial charge is 0.303 e. The molecule has 2 N–H and O–H groups in total. The number of benzene rings is 1. The Hall–Kier alpha value is -2.47. The molecule has 26 heavy (non-hydrogen) atoms. The zero-order valence-electron chi connectivity index (χ0n) is 15.2. The second-order valence-corrected chi connectivity index (χ2v) is 8.10. The molecule has 0 spiro atoms. The molecule has 0 radical (unpaired) electrons. The van der Waals surface area contributed by atoms with Crippen molar-refractivity contribution < 1.29 is 19.5 Å². The molecule has 0 aliphatic heterocycles. The van der Waals surface area contributed by atoms with Crippen LogP contribution in [0.1, 0.15) is 54.4 Å². The van der Waals surface area contributed by atoms with E-state index < -0.39 is 11.4 Å². The van der Waals surface area contributed by atoms with Gasteiger partial charge in [-0.25, -0.2) is 0 Å². The summed E-state index contributed by atoms with van der Waals surface area (Å²) in [4.78, 5) is 37.1. The molecule has 0 saturated heterocycles. The van der Waals surface area contributed by atoms with Crippen molar-refractivity contribution in [3.63, 3.8) is 0 Å². The van der Waals surface area contributed by atoms with E-state index in [0.717, 1.165) is 11.3 Å². The van der Waals surface area contributed by atoms with Crippen LogP contribution in [0.25, 0.3) is 0 Å². The lowest BCUT2D eigenvalue weighted by Gasteiger charge is -2.21. The number of amides is 1. The molecule has 0 saturated carbocycles. The lowest BCUT2D eigenvalue weighted by Crippen LogP contribution is -2.25. The van der Waals surface area contributed by atoms with Gasteiger partial charge in [-0.15, -0.1) is 11.3 Å². The SMILES string of the molecule is CCc1cc(C(=O)c2ccccc2)c(NC(=O)CC(C)(C)CC(=O)O)s1. The number of hydrogen-bond acceptors (Lipinski definition) is 4. The monoisotopic (exact) mass is 373 g/mol. The van der Waals surface area contributed by atoms with Gasteiger partial charge in [-0.2, -0.15) is 0 Å². The maximum Gasteiger partial charge on any atom is 0.303 e. The molecule has 138 valence electrons. The lowest BCUT2D eigenvalue weighted by molar-refractivity contribution is -0.139. The molecule has 2 rings (SSSR count). The van der Waals surface area contributed by atoms with Crippen LogP contribution < -0.4 is 5.32 Å². The summed E-state index contributed by atoms with van der Waals surface area (Å²) in [6.45, 7) is 5.47. The number of carbonyl (C=O) groups is 3. The molecule has 0 bridgehead atoms. The zero-order chi connectivity index (χ0) is 19.3. The van der Waals surface area contributed by atoms with Crippen LogP contribution in [0.2, 0.25) is 0 Å². The first kappa shape index (κ1) is 19.8. The van der Waals surface area contributed by atoms with Gasteiger partial charge in [0.15, 0.2) is 5.78 Å². The standard InChI is InChI=1S/C20H23NO4S/c1-4-14-10-15(18(25)13-8-6-5-7-9-13)19(26-14)21-16(22)11-20(2,3)12-17(23)24/h5-10H,4,11-12H2,1-3H3,(H,21,22)(H,23,24). The summed E-state index contributed by atoms with van der Waals surface area (Å²) >= 11 is 1.38. The minimum absolute atomic E-state index is 0.0671. The lowest BCUT2D eigenvalue weighted by atomic mass is 9.85. The molecule has 1 aromatic carbocycles. The van der Waals surface area contributed by atoms with E-state index in [-0.39, 0.29) is 24.5 Å². The number of ketones is 1. The minimum Gasteiger partial charge on any atom is -0.481 e. The van der Waals surface area contributed by atoms with Crippen LogP contribution in [0, 0.1) is 5.41 Å². The third-order valence-corrected chi connectivity index (χ3v) is 5.13. The second-order valence-electron chi connectivity index (χ2n) is 6.96. The van der Waals surface area contributed by atoms with Crippen LogP contribution in [0.15, 0.2) is 36.4 Å². The third kappa shape index (κ3) is 5.26. The first-order chi connectivity index (χ1) is 12.2. The zero-order valence-corrected chi connectivity index (χ0v) is 16.0. The normalized spacial score (nSPS) is 11.2. The van der Waals surface area contributed by atoms with Crippen LogP contribution in [-0.4, -0.2) is 22.8 Å². The Morgan fingerprint density at radius 3 is 2.35 bits per heavy atom. The molecule has 0 atom stereocenters. The number of aryl methyl sites for hydroxylation is 1. The van der Waals surface area contributed by atoms with Crippen molar-refractivity contribution in [2.45, 2.75) is 40.0 Å². The summed E-state index contributed by atoms with van der Waals surface area (Å²) in [5, 5.41) is 12.3. The molecule has 1 heterocycles. The fraction of sp³-hybridized carbons (Fsp3) is 0.350. The van der Waals surface area contributed by atoms with Crippen LogP contribution in [0.3, 0.4) is 0 Å². The molecule has 2 aromatic rings. The molecule has 6 heteroatoms. The Balaban J connectivity index is 2.21. The Morgan fingerprint density at radius 2 is 1.77 bits per heavy atom. The average molecular weight is 373 g/mol. The Kier molecular flexibility index (Phi) is 6.32. The van der Waals surface area contributed by atoms with E-state index in [9.17, 15) is 14.4 Å². The first-order valence-corrected chi connectivity index (χ1v) is 9.27. The second kappa shape index (κ2) is 8.27. The van der Waals surface area contributed by atoms with Gasteiger partial charge in [-0.1, -0.05) is 51.1 Å².